The van der Waals surface area contributed by atoms with Gasteiger partial charge in [0.2, 0.25) is 0 Å². The van der Waals surface area contributed by atoms with Crippen molar-refractivity contribution in [2.75, 3.05) is 0 Å². The second-order valence-corrected chi connectivity index (χ2v) is 3.93. The summed E-state index contributed by atoms with van der Waals surface area (Å²) in [4.78, 5) is 0. The molecule has 2 N–H and O–H groups in total. The number of ether oxygens (including phenoxy) is 1. The minimum absolute atomic E-state index is 0.0133. The molecule has 0 unspecified atom stereocenters. The molecular weight excluding hydrogens is 205 g/mol. The Bertz CT molecular complexity index is 319. The molecule has 1 aromatic rings. The molecular formula is C10H11ClFNO. The Morgan fingerprint density at radius 1 is 1.43 bits per heavy atom. The van der Waals surface area contributed by atoms with Crippen molar-refractivity contribution in [2.45, 2.75) is 25.0 Å². The van der Waals surface area contributed by atoms with Crippen molar-refractivity contribution in [3.63, 3.8) is 0 Å². The highest BCUT2D eigenvalue weighted by Crippen LogP contribution is 2.32. The van der Waals surface area contributed by atoms with Crippen LogP contribution in [0.1, 0.15) is 12.8 Å². The van der Waals surface area contributed by atoms with Crippen LogP contribution in [0.2, 0.25) is 5.02 Å². The van der Waals surface area contributed by atoms with Gasteiger partial charge >= 0.3 is 0 Å². The summed E-state index contributed by atoms with van der Waals surface area (Å²) in [6.45, 7) is 0. The summed E-state index contributed by atoms with van der Waals surface area (Å²) in [5, 5.41) is 0.311. The van der Waals surface area contributed by atoms with Crippen LogP contribution in [0.15, 0.2) is 18.2 Å². The predicted molar refractivity (Wildman–Crippen MR) is 53.0 cm³/mol. The number of hydrogen-bond donors (Lipinski definition) is 1. The number of rotatable bonds is 2. The first-order valence-corrected chi connectivity index (χ1v) is 4.91. The number of benzene rings is 1. The molecule has 1 saturated carbocycles. The lowest BCUT2D eigenvalue weighted by Crippen LogP contribution is -2.43. The molecule has 14 heavy (non-hydrogen) atoms. The molecule has 0 aliphatic heterocycles. The third kappa shape index (κ3) is 1.83. The lowest BCUT2D eigenvalue weighted by Gasteiger charge is -2.32. The zero-order chi connectivity index (χ0) is 10.1. The summed E-state index contributed by atoms with van der Waals surface area (Å²) in [6, 6.07) is 4.68. The van der Waals surface area contributed by atoms with E-state index in [0.717, 1.165) is 12.8 Å². The van der Waals surface area contributed by atoms with Gasteiger partial charge in [-0.3, -0.25) is 0 Å². The second kappa shape index (κ2) is 3.75. The topological polar surface area (TPSA) is 35.2 Å². The van der Waals surface area contributed by atoms with Gasteiger partial charge in [0, 0.05) is 6.04 Å². The van der Waals surface area contributed by atoms with Crippen LogP contribution in [0.3, 0.4) is 0 Å². The Morgan fingerprint density at radius 2 is 2.14 bits per heavy atom. The van der Waals surface area contributed by atoms with E-state index in [0.29, 0.717) is 5.02 Å². The molecule has 76 valence electrons. The molecule has 0 saturated heterocycles. The Labute approximate surface area is 86.8 Å². The number of hydrogen-bond acceptors (Lipinski definition) is 2. The first-order valence-electron chi connectivity index (χ1n) is 4.53. The quantitative estimate of drug-likeness (QED) is 0.822. The van der Waals surface area contributed by atoms with Crippen molar-refractivity contribution >= 4 is 11.6 Å². The normalized spacial score (nSPS) is 25.6. The molecule has 4 heteroatoms. The highest BCUT2D eigenvalue weighted by molar-refractivity contribution is 6.32. The van der Waals surface area contributed by atoms with Crippen molar-refractivity contribution in [3.8, 4) is 5.75 Å². The van der Waals surface area contributed by atoms with Crippen LogP contribution in [0.5, 0.6) is 5.75 Å². The van der Waals surface area contributed by atoms with Crippen LogP contribution in [-0.2, 0) is 0 Å². The van der Waals surface area contributed by atoms with Gasteiger partial charge in [-0.1, -0.05) is 17.7 Å². The zero-order valence-corrected chi connectivity index (χ0v) is 8.30. The molecule has 0 atom stereocenters. The molecule has 0 bridgehead atoms. The fourth-order valence-corrected chi connectivity index (χ4v) is 1.67. The van der Waals surface area contributed by atoms with Crippen molar-refractivity contribution < 1.29 is 9.13 Å². The Kier molecular flexibility index (Phi) is 2.61. The molecule has 0 heterocycles. The first-order chi connectivity index (χ1) is 6.66. The van der Waals surface area contributed by atoms with Crippen molar-refractivity contribution in [1.29, 1.82) is 0 Å². The number of halogens is 2. The average molecular weight is 216 g/mol. The smallest absolute Gasteiger partial charge is 0.173 e. The van der Waals surface area contributed by atoms with Gasteiger partial charge in [0.25, 0.3) is 0 Å². The summed E-state index contributed by atoms with van der Waals surface area (Å²) in [5.74, 6) is -0.274. The van der Waals surface area contributed by atoms with Crippen molar-refractivity contribution in [2.24, 2.45) is 5.73 Å². The van der Waals surface area contributed by atoms with Crippen molar-refractivity contribution in [3.05, 3.63) is 29.0 Å². The fourth-order valence-electron chi connectivity index (χ4n) is 1.46. The van der Waals surface area contributed by atoms with E-state index < -0.39 is 5.82 Å². The SMILES string of the molecule is NC1CC(Oc2c(F)cccc2Cl)C1. The van der Waals surface area contributed by atoms with Crippen molar-refractivity contribution in [1.82, 2.24) is 0 Å². The maximum Gasteiger partial charge on any atom is 0.173 e. The molecule has 0 radical (unpaired) electrons. The third-order valence-corrected chi connectivity index (χ3v) is 2.63. The molecule has 1 aliphatic carbocycles. The number of nitrogens with two attached hydrogens (primary N) is 1. The van der Waals surface area contributed by atoms with Crippen LogP contribution in [0, 0.1) is 5.82 Å². The largest absolute Gasteiger partial charge is 0.486 e. The zero-order valence-electron chi connectivity index (χ0n) is 7.54. The maximum atomic E-state index is 13.2. The van der Waals surface area contributed by atoms with Crippen LogP contribution < -0.4 is 10.5 Å². The van der Waals surface area contributed by atoms with Crippen LogP contribution in [0.25, 0.3) is 0 Å². The molecule has 2 rings (SSSR count). The summed E-state index contributed by atoms with van der Waals surface area (Å²) in [5.41, 5.74) is 5.59. The molecule has 1 aromatic carbocycles. The van der Waals surface area contributed by atoms with E-state index in [4.69, 9.17) is 22.1 Å². The minimum atomic E-state index is -0.419. The van der Waals surface area contributed by atoms with E-state index in [-0.39, 0.29) is 17.9 Å². The number of para-hydroxylation sites is 1. The van der Waals surface area contributed by atoms with Crippen LogP contribution in [-0.4, -0.2) is 12.1 Å². The van der Waals surface area contributed by atoms with Gasteiger partial charge in [0.05, 0.1) is 5.02 Å². The van der Waals surface area contributed by atoms with Gasteiger partial charge in [-0.05, 0) is 25.0 Å². The molecule has 1 fully saturated rings. The summed E-state index contributed by atoms with van der Waals surface area (Å²) in [6.07, 6.45) is 1.55. The van der Waals surface area contributed by atoms with Gasteiger partial charge < -0.3 is 10.5 Å². The highest BCUT2D eigenvalue weighted by Gasteiger charge is 2.28. The predicted octanol–water partition coefficient (Wildman–Crippen LogP) is 2.35. The highest BCUT2D eigenvalue weighted by atomic mass is 35.5. The van der Waals surface area contributed by atoms with E-state index in [2.05, 4.69) is 0 Å². The van der Waals surface area contributed by atoms with Gasteiger partial charge in [0.1, 0.15) is 6.10 Å². The van der Waals surface area contributed by atoms with E-state index in [1.165, 1.54) is 6.07 Å². The molecule has 0 spiro atoms. The third-order valence-electron chi connectivity index (χ3n) is 2.33. The van der Waals surface area contributed by atoms with E-state index in [9.17, 15) is 4.39 Å². The lowest BCUT2D eigenvalue weighted by atomic mass is 9.90. The van der Waals surface area contributed by atoms with Gasteiger partial charge in [0.15, 0.2) is 11.6 Å². The Balaban J connectivity index is 2.09. The Hall–Kier alpha value is -0.800. The van der Waals surface area contributed by atoms with Crippen LogP contribution in [0.4, 0.5) is 4.39 Å². The fraction of sp³-hybridized carbons (Fsp3) is 0.400. The molecule has 1 aliphatic rings. The standard InChI is InChI=1S/C10H11ClFNO/c11-8-2-1-3-9(12)10(8)14-7-4-6(13)5-7/h1-3,6-7H,4-5,13H2. The monoisotopic (exact) mass is 215 g/mol. The van der Waals surface area contributed by atoms with E-state index in [1.807, 2.05) is 0 Å². The lowest BCUT2D eigenvalue weighted by molar-refractivity contribution is 0.0963. The molecule has 0 amide bonds. The first kappa shape index (κ1) is 9.74. The molecule has 2 nitrogen and oxygen atoms in total. The summed E-state index contributed by atoms with van der Waals surface area (Å²) in [7, 11) is 0. The minimum Gasteiger partial charge on any atom is -0.486 e. The van der Waals surface area contributed by atoms with Crippen LogP contribution >= 0.6 is 11.6 Å². The van der Waals surface area contributed by atoms with Gasteiger partial charge in [-0.15, -0.1) is 0 Å². The molecule has 0 aromatic heterocycles. The Morgan fingerprint density at radius 3 is 2.71 bits per heavy atom. The van der Waals surface area contributed by atoms with Gasteiger partial charge in [-0.25, -0.2) is 4.39 Å². The van der Waals surface area contributed by atoms with E-state index >= 15 is 0 Å². The second-order valence-electron chi connectivity index (χ2n) is 3.52. The van der Waals surface area contributed by atoms with Gasteiger partial charge in [-0.2, -0.15) is 0 Å². The maximum absolute atomic E-state index is 13.2. The summed E-state index contributed by atoms with van der Waals surface area (Å²) >= 11 is 5.79. The summed E-state index contributed by atoms with van der Waals surface area (Å²) < 4.78 is 18.6. The average Bonchev–Trinajstić information content (AvgIpc) is 2.08. The van der Waals surface area contributed by atoms with E-state index in [1.54, 1.807) is 12.1 Å².